The van der Waals surface area contributed by atoms with E-state index in [-0.39, 0.29) is 11.3 Å². The number of carbonyl (C=O) groups is 1. The molecule has 0 saturated carbocycles. The highest BCUT2D eigenvalue weighted by atomic mass is 32.2. The second-order valence-corrected chi connectivity index (χ2v) is 9.17. The molecule has 1 N–H and O–H groups in total. The van der Waals surface area contributed by atoms with Crippen LogP contribution in [0.4, 0.5) is 0 Å². The predicted octanol–water partition coefficient (Wildman–Crippen LogP) is 1.08. The van der Waals surface area contributed by atoms with E-state index in [2.05, 4.69) is 35.8 Å². The van der Waals surface area contributed by atoms with Crippen LogP contribution in [0, 0.1) is 0 Å². The summed E-state index contributed by atoms with van der Waals surface area (Å²) in [5.41, 5.74) is 1.20. The van der Waals surface area contributed by atoms with Crippen LogP contribution in [0.25, 0.3) is 0 Å². The first-order valence-electron chi connectivity index (χ1n) is 8.11. The van der Waals surface area contributed by atoms with E-state index in [1.807, 2.05) is 18.2 Å². The van der Waals surface area contributed by atoms with E-state index in [4.69, 9.17) is 5.11 Å². The Balaban J connectivity index is 1.90. The number of rotatable bonds is 7. The number of sulfone groups is 1. The minimum absolute atomic E-state index is 0.0648. The Bertz CT molecular complexity index is 658. The molecule has 7 heteroatoms. The summed E-state index contributed by atoms with van der Waals surface area (Å²) in [5, 5.41) is 8.64. The lowest BCUT2D eigenvalue weighted by atomic mass is 9.98. The Labute approximate surface area is 144 Å². The topological polar surface area (TPSA) is 77.9 Å². The SMILES string of the molecule is CC1(C)CN(CCS(=O)(=O)CC(=O)O)CCN1Cc1ccccc1. The molecule has 0 amide bonds. The first kappa shape index (κ1) is 18.9. The molecule has 0 spiro atoms. The molecule has 0 aromatic heterocycles. The van der Waals surface area contributed by atoms with Crippen LogP contribution in [-0.4, -0.2) is 72.5 Å². The van der Waals surface area contributed by atoms with Gasteiger partial charge in [-0.1, -0.05) is 30.3 Å². The second-order valence-electron chi connectivity index (χ2n) is 6.98. The highest BCUT2D eigenvalue weighted by molar-refractivity contribution is 7.92. The second kappa shape index (κ2) is 7.63. The molecule has 1 aliphatic rings. The molecule has 0 atom stereocenters. The summed E-state index contributed by atoms with van der Waals surface area (Å²) in [5.74, 6) is -2.18. The third-order valence-electron chi connectivity index (χ3n) is 4.43. The fourth-order valence-electron chi connectivity index (χ4n) is 3.11. The predicted molar refractivity (Wildman–Crippen MR) is 93.7 cm³/mol. The number of nitrogens with zero attached hydrogens (tertiary/aromatic N) is 2. The monoisotopic (exact) mass is 354 g/mol. The van der Waals surface area contributed by atoms with Crippen molar-refractivity contribution < 1.29 is 18.3 Å². The van der Waals surface area contributed by atoms with E-state index in [1.165, 1.54) is 5.56 Å². The van der Waals surface area contributed by atoms with Gasteiger partial charge in [-0.3, -0.25) is 14.6 Å². The van der Waals surface area contributed by atoms with Crippen LogP contribution in [0.15, 0.2) is 30.3 Å². The van der Waals surface area contributed by atoms with Gasteiger partial charge < -0.3 is 5.11 Å². The normalized spacial score (nSPS) is 19.2. The molecule has 134 valence electrons. The number of piperazine rings is 1. The van der Waals surface area contributed by atoms with Crippen LogP contribution in [0.3, 0.4) is 0 Å². The van der Waals surface area contributed by atoms with Gasteiger partial charge in [0.15, 0.2) is 9.84 Å². The largest absolute Gasteiger partial charge is 0.480 e. The third-order valence-corrected chi connectivity index (χ3v) is 5.92. The zero-order valence-corrected chi connectivity index (χ0v) is 15.1. The highest BCUT2D eigenvalue weighted by Gasteiger charge is 2.33. The Morgan fingerprint density at radius 2 is 1.88 bits per heavy atom. The van der Waals surface area contributed by atoms with Crippen LogP contribution in [0.1, 0.15) is 19.4 Å². The molecule has 6 nitrogen and oxygen atoms in total. The number of hydrogen-bond acceptors (Lipinski definition) is 5. The average molecular weight is 354 g/mol. The average Bonchev–Trinajstić information content (AvgIpc) is 2.47. The molecule has 1 heterocycles. The maximum Gasteiger partial charge on any atom is 0.318 e. The lowest BCUT2D eigenvalue weighted by molar-refractivity contribution is -0.134. The van der Waals surface area contributed by atoms with Crippen molar-refractivity contribution in [1.29, 1.82) is 0 Å². The van der Waals surface area contributed by atoms with E-state index >= 15 is 0 Å². The van der Waals surface area contributed by atoms with Crippen molar-refractivity contribution in [2.24, 2.45) is 0 Å². The van der Waals surface area contributed by atoms with E-state index in [0.29, 0.717) is 6.54 Å². The van der Waals surface area contributed by atoms with Gasteiger partial charge in [0.05, 0.1) is 5.75 Å². The van der Waals surface area contributed by atoms with Gasteiger partial charge in [0.1, 0.15) is 5.75 Å². The standard InChI is InChI=1S/C17H26N2O4S/c1-17(2)14-18(10-11-24(22,23)13-16(20)21)8-9-19(17)12-15-6-4-3-5-7-15/h3-7H,8-14H2,1-2H3,(H,20,21). The van der Waals surface area contributed by atoms with E-state index in [1.54, 1.807) is 0 Å². The van der Waals surface area contributed by atoms with Crippen LogP contribution in [0.2, 0.25) is 0 Å². The van der Waals surface area contributed by atoms with Crippen molar-refractivity contribution in [2.45, 2.75) is 25.9 Å². The summed E-state index contributed by atoms with van der Waals surface area (Å²) in [6, 6.07) is 10.3. The van der Waals surface area contributed by atoms with Gasteiger partial charge in [-0.15, -0.1) is 0 Å². The molecule has 1 fully saturated rings. The molecular weight excluding hydrogens is 328 g/mol. The Kier molecular flexibility index (Phi) is 6.01. The quantitative estimate of drug-likeness (QED) is 0.790. The van der Waals surface area contributed by atoms with Gasteiger partial charge in [0, 0.05) is 38.3 Å². The fraction of sp³-hybridized carbons (Fsp3) is 0.588. The summed E-state index contributed by atoms with van der Waals surface area (Å²) in [6.07, 6.45) is 0. The lowest BCUT2D eigenvalue weighted by Gasteiger charge is -2.47. The van der Waals surface area contributed by atoms with Gasteiger partial charge in [0.2, 0.25) is 0 Å². The molecule has 1 saturated heterocycles. The minimum atomic E-state index is -3.53. The molecule has 1 aromatic carbocycles. The summed E-state index contributed by atoms with van der Waals surface area (Å²) < 4.78 is 23.5. The van der Waals surface area contributed by atoms with Gasteiger partial charge in [-0.05, 0) is 19.4 Å². The van der Waals surface area contributed by atoms with Crippen LogP contribution < -0.4 is 0 Å². The van der Waals surface area contributed by atoms with E-state index < -0.39 is 21.6 Å². The summed E-state index contributed by atoms with van der Waals surface area (Å²) >= 11 is 0. The van der Waals surface area contributed by atoms with Crippen molar-refractivity contribution in [1.82, 2.24) is 9.80 Å². The van der Waals surface area contributed by atoms with Crippen molar-refractivity contribution in [3.05, 3.63) is 35.9 Å². The zero-order chi connectivity index (χ0) is 17.8. The summed E-state index contributed by atoms with van der Waals surface area (Å²) in [6.45, 7) is 8.00. The van der Waals surface area contributed by atoms with E-state index in [9.17, 15) is 13.2 Å². The summed E-state index contributed by atoms with van der Waals surface area (Å²) in [7, 11) is -3.53. The Morgan fingerprint density at radius 3 is 2.46 bits per heavy atom. The number of carboxylic acid groups (broad SMARTS) is 1. The molecule has 1 aliphatic heterocycles. The van der Waals surface area contributed by atoms with Crippen LogP contribution in [0.5, 0.6) is 0 Å². The number of benzene rings is 1. The maximum absolute atomic E-state index is 11.7. The van der Waals surface area contributed by atoms with Gasteiger partial charge in [0.25, 0.3) is 0 Å². The first-order chi connectivity index (χ1) is 11.2. The molecular formula is C17H26N2O4S. The van der Waals surface area contributed by atoms with Crippen LogP contribution >= 0.6 is 0 Å². The number of hydrogen-bond donors (Lipinski definition) is 1. The highest BCUT2D eigenvalue weighted by Crippen LogP contribution is 2.23. The maximum atomic E-state index is 11.7. The molecule has 2 rings (SSSR count). The molecule has 0 unspecified atom stereocenters. The molecule has 1 aromatic rings. The Morgan fingerprint density at radius 1 is 1.21 bits per heavy atom. The minimum Gasteiger partial charge on any atom is -0.480 e. The molecule has 0 aliphatic carbocycles. The lowest BCUT2D eigenvalue weighted by Crippen LogP contribution is -2.59. The van der Waals surface area contributed by atoms with Crippen molar-refractivity contribution >= 4 is 15.8 Å². The van der Waals surface area contributed by atoms with Gasteiger partial charge in [-0.25, -0.2) is 8.42 Å². The van der Waals surface area contributed by atoms with Crippen molar-refractivity contribution in [3.63, 3.8) is 0 Å². The van der Waals surface area contributed by atoms with Gasteiger partial charge in [-0.2, -0.15) is 0 Å². The third kappa shape index (κ3) is 5.58. The van der Waals surface area contributed by atoms with Gasteiger partial charge >= 0.3 is 5.97 Å². The fourth-order valence-corrected chi connectivity index (χ4v) is 4.16. The Hall–Kier alpha value is -1.44. The van der Waals surface area contributed by atoms with Crippen molar-refractivity contribution in [2.75, 3.05) is 37.7 Å². The smallest absolute Gasteiger partial charge is 0.318 e. The molecule has 24 heavy (non-hydrogen) atoms. The van der Waals surface area contributed by atoms with Crippen LogP contribution in [-0.2, 0) is 21.2 Å². The van der Waals surface area contributed by atoms with Crippen molar-refractivity contribution in [3.8, 4) is 0 Å². The molecule has 0 radical (unpaired) electrons. The number of aliphatic carboxylic acids is 1. The van der Waals surface area contributed by atoms with E-state index in [0.717, 1.165) is 26.2 Å². The number of carboxylic acids is 1. The first-order valence-corrected chi connectivity index (χ1v) is 9.94. The molecule has 0 bridgehead atoms. The zero-order valence-electron chi connectivity index (χ0n) is 14.3. The summed E-state index contributed by atoms with van der Waals surface area (Å²) in [4.78, 5) is 15.1.